The van der Waals surface area contributed by atoms with Gasteiger partial charge in [-0.1, -0.05) is 12.1 Å². The van der Waals surface area contributed by atoms with Crippen LogP contribution in [0.4, 0.5) is 5.69 Å². The van der Waals surface area contributed by atoms with Crippen LogP contribution >= 0.6 is 39.7 Å². The van der Waals surface area contributed by atoms with Crippen molar-refractivity contribution in [1.82, 2.24) is 5.32 Å². The van der Waals surface area contributed by atoms with E-state index >= 15 is 0 Å². The molecule has 0 unspecified atom stereocenters. The van der Waals surface area contributed by atoms with Crippen molar-refractivity contribution in [1.29, 1.82) is 0 Å². The van der Waals surface area contributed by atoms with Gasteiger partial charge in [0.15, 0.2) is 0 Å². The highest BCUT2D eigenvalue weighted by Gasteiger charge is 2.12. The molecule has 130 valence electrons. The predicted octanol–water partition coefficient (Wildman–Crippen LogP) is 3.19. The summed E-state index contributed by atoms with van der Waals surface area (Å²) in [6, 6.07) is 8.95. The third-order valence-corrected chi connectivity index (χ3v) is 4.85. The fourth-order valence-electron chi connectivity index (χ4n) is 2.01. The Morgan fingerprint density at radius 1 is 1.25 bits per heavy atom. The maximum Gasteiger partial charge on any atom is 0.253 e. The second kappa shape index (κ2) is 10.5. The van der Waals surface area contributed by atoms with Crippen molar-refractivity contribution >= 4 is 57.2 Å². The van der Waals surface area contributed by atoms with E-state index < -0.39 is 0 Å². The van der Waals surface area contributed by atoms with Gasteiger partial charge in [0, 0.05) is 34.2 Å². The average molecular weight is 433 g/mol. The molecule has 2 rings (SSSR count). The Morgan fingerprint density at radius 2 is 2.00 bits per heavy atom. The van der Waals surface area contributed by atoms with Gasteiger partial charge in [-0.05, 0) is 40.5 Å². The van der Waals surface area contributed by atoms with Gasteiger partial charge in [0.2, 0.25) is 5.91 Å². The van der Waals surface area contributed by atoms with Gasteiger partial charge in [0.25, 0.3) is 5.91 Å². The van der Waals surface area contributed by atoms with Crippen LogP contribution in [0, 0.1) is 0 Å². The third kappa shape index (κ3) is 6.24. The Bertz CT molecular complexity index is 693. The number of hydrogen-bond donors (Lipinski definition) is 3. The minimum atomic E-state index is -0.242. The number of halogens is 2. The molecule has 0 fully saturated rings. The van der Waals surface area contributed by atoms with Crippen LogP contribution in [0.15, 0.2) is 40.2 Å². The standard InChI is InChI=1S/C16H18BrN3O2S.ClH/c17-11-9-12(23-10-11)5-6-15(21)20-14-4-2-1-3-13(14)16(22)19-8-7-18;/h1-4,9-10H,5-8,18H2,(H,19,22)(H,20,21);1H. The second-order valence-corrected chi connectivity index (χ2v) is 6.78. The van der Waals surface area contributed by atoms with Gasteiger partial charge in [-0.25, -0.2) is 0 Å². The van der Waals surface area contributed by atoms with Gasteiger partial charge in [0.1, 0.15) is 0 Å². The van der Waals surface area contributed by atoms with Crippen molar-refractivity contribution in [3.8, 4) is 0 Å². The summed E-state index contributed by atoms with van der Waals surface area (Å²) in [4.78, 5) is 25.3. The molecule has 0 radical (unpaired) electrons. The third-order valence-electron chi connectivity index (χ3n) is 3.10. The highest BCUT2D eigenvalue weighted by Crippen LogP contribution is 2.21. The van der Waals surface area contributed by atoms with E-state index in [1.807, 2.05) is 11.4 Å². The number of carbonyl (C=O) groups excluding carboxylic acids is 2. The number of rotatable bonds is 7. The van der Waals surface area contributed by atoms with Crippen molar-refractivity contribution in [2.24, 2.45) is 5.73 Å². The van der Waals surface area contributed by atoms with Gasteiger partial charge in [-0.3, -0.25) is 9.59 Å². The Morgan fingerprint density at radius 3 is 2.67 bits per heavy atom. The van der Waals surface area contributed by atoms with Gasteiger partial charge in [-0.2, -0.15) is 0 Å². The smallest absolute Gasteiger partial charge is 0.253 e. The molecule has 0 aliphatic rings. The van der Waals surface area contributed by atoms with Gasteiger partial charge in [-0.15, -0.1) is 23.7 Å². The summed E-state index contributed by atoms with van der Waals surface area (Å²) in [5, 5.41) is 7.50. The van der Waals surface area contributed by atoms with Gasteiger partial charge in [0.05, 0.1) is 11.3 Å². The lowest BCUT2D eigenvalue weighted by Crippen LogP contribution is -2.30. The number of aryl methyl sites for hydroxylation is 1. The fourth-order valence-corrected chi connectivity index (χ4v) is 3.46. The molecule has 1 aromatic carbocycles. The van der Waals surface area contributed by atoms with Crippen LogP contribution in [-0.4, -0.2) is 24.9 Å². The molecule has 0 spiro atoms. The fraction of sp³-hybridized carbons (Fsp3) is 0.250. The first-order valence-electron chi connectivity index (χ1n) is 7.20. The molecule has 0 bridgehead atoms. The summed E-state index contributed by atoms with van der Waals surface area (Å²) in [6.07, 6.45) is 1.04. The predicted molar refractivity (Wildman–Crippen MR) is 104 cm³/mol. The average Bonchev–Trinajstić information content (AvgIpc) is 2.96. The number of nitrogens with two attached hydrogens (primary N) is 1. The van der Waals surface area contributed by atoms with E-state index in [1.165, 1.54) is 0 Å². The van der Waals surface area contributed by atoms with Crippen molar-refractivity contribution in [3.63, 3.8) is 0 Å². The number of thiophene rings is 1. The van der Waals surface area contributed by atoms with E-state index in [4.69, 9.17) is 5.73 Å². The van der Waals surface area contributed by atoms with Crippen LogP contribution in [0.5, 0.6) is 0 Å². The van der Waals surface area contributed by atoms with Crippen LogP contribution in [0.2, 0.25) is 0 Å². The number of nitrogens with one attached hydrogen (secondary N) is 2. The monoisotopic (exact) mass is 431 g/mol. The molecule has 2 amide bonds. The van der Waals surface area contributed by atoms with E-state index in [9.17, 15) is 9.59 Å². The minimum absolute atomic E-state index is 0. The first-order valence-corrected chi connectivity index (χ1v) is 8.87. The molecule has 0 aliphatic heterocycles. The quantitative estimate of drug-likeness (QED) is 0.628. The largest absolute Gasteiger partial charge is 0.351 e. The van der Waals surface area contributed by atoms with E-state index in [1.54, 1.807) is 35.6 Å². The van der Waals surface area contributed by atoms with Crippen molar-refractivity contribution in [2.45, 2.75) is 12.8 Å². The zero-order chi connectivity index (χ0) is 16.7. The Balaban J connectivity index is 0.00000288. The van der Waals surface area contributed by atoms with Crippen molar-refractivity contribution < 1.29 is 9.59 Å². The molecule has 0 saturated heterocycles. The Hall–Kier alpha value is -1.41. The SMILES string of the molecule is Cl.NCCNC(=O)c1ccccc1NC(=O)CCc1cc(Br)cs1. The molecular weight excluding hydrogens is 414 g/mol. The van der Waals surface area contributed by atoms with Crippen LogP contribution < -0.4 is 16.4 Å². The highest BCUT2D eigenvalue weighted by molar-refractivity contribution is 9.10. The summed E-state index contributed by atoms with van der Waals surface area (Å²) in [6.45, 7) is 0.769. The Kier molecular flexibility index (Phi) is 8.99. The van der Waals surface area contributed by atoms with Gasteiger partial charge < -0.3 is 16.4 Å². The topological polar surface area (TPSA) is 84.2 Å². The van der Waals surface area contributed by atoms with Crippen molar-refractivity contribution in [3.05, 3.63) is 50.6 Å². The lowest BCUT2D eigenvalue weighted by Gasteiger charge is -2.11. The molecule has 1 heterocycles. The summed E-state index contributed by atoms with van der Waals surface area (Å²) in [5.41, 5.74) is 6.33. The first kappa shape index (κ1) is 20.6. The number of anilines is 1. The lowest BCUT2D eigenvalue weighted by molar-refractivity contribution is -0.116. The first-order chi connectivity index (χ1) is 11.1. The van der Waals surface area contributed by atoms with Crippen LogP contribution in [-0.2, 0) is 11.2 Å². The van der Waals surface area contributed by atoms with Crippen LogP contribution in [0.25, 0.3) is 0 Å². The number of amides is 2. The number of carbonyl (C=O) groups is 2. The maximum atomic E-state index is 12.1. The normalized spacial score (nSPS) is 9.92. The number of benzene rings is 1. The van der Waals surface area contributed by atoms with E-state index in [0.717, 1.165) is 9.35 Å². The lowest BCUT2D eigenvalue weighted by atomic mass is 10.1. The molecular formula is C16H19BrClN3O2S. The molecule has 8 heteroatoms. The molecule has 0 aliphatic carbocycles. The zero-order valence-corrected chi connectivity index (χ0v) is 16.1. The van der Waals surface area contributed by atoms with E-state index in [0.29, 0.717) is 37.2 Å². The van der Waals surface area contributed by atoms with Crippen LogP contribution in [0.1, 0.15) is 21.7 Å². The summed E-state index contributed by atoms with van der Waals surface area (Å²) in [5.74, 6) is -0.359. The molecule has 4 N–H and O–H groups in total. The molecule has 0 atom stereocenters. The van der Waals surface area contributed by atoms with Crippen molar-refractivity contribution in [2.75, 3.05) is 18.4 Å². The summed E-state index contributed by atoms with van der Waals surface area (Å²) in [7, 11) is 0. The summed E-state index contributed by atoms with van der Waals surface area (Å²) < 4.78 is 1.03. The van der Waals surface area contributed by atoms with E-state index in [2.05, 4.69) is 26.6 Å². The van der Waals surface area contributed by atoms with Crippen LogP contribution in [0.3, 0.4) is 0 Å². The van der Waals surface area contributed by atoms with E-state index in [-0.39, 0.29) is 24.2 Å². The molecule has 24 heavy (non-hydrogen) atoms. The number of hydrogen-bond acceptors (Lipinski definition) is 4. The highest BCUT2D eigenvalue weighted by atomic mass is 79.9. The second-order valence-electron chi connectivity index (χ2n) is 4.87. The molecule has 2 aromatic rings. The zero-order valence-electron chi connectivity index (χ0n) is 12.9. The number of para-hydroxylation sites is 1. The molecule has 1 aromatic heterocycles. The molecule has 0 saturated carbocycles. The minimum Gasteiger partial charge on any atom is -0.351 e. The maximum absolute atomic E-state index is 12.1. The summed E-state index contributed by atoms with van der Waals surface area (Å²) >= 11 is 5.01. The Labute approximate surface area is 159 Å². The molecule has 5 nitrogen and oxygen atoms in total. The van der Waals surface area contributed by atoms with Gasteiger partial charge >= 0.3 is 0 Å².